The minimum Gasteiger partial charge on any atom is -0.477 e. The van der Waals surface area contributed by atoms with Crippen LogP contribution in [0.3, 0.4) is 0 Å². The van der Waals surface area contributed by atoms with Gasteiger partial charge in [-0.15, -0.1) is 0 Å². The number of aliphatic carboxylic acids is 1. The van der Waals surface area contributed by atoms with Gasteiger partial charge in [0.05, 0.1) is 6.61 Å². The van der Waals surface area contributed by atoms with Crippen molar-refractivity contribution >= 4 is 5.97 Å². The molecule has 5 heteroatoms. The zero-order valence-corrected chi connectivity index (χ0v) is 30.5. The van der Waals surface area contributed by atoms with E-state index >= 15 is 0 Å². The number of carboxylic acids is 1. The van der Waals surface area contributed by atoms with Crippen LogP contribution in [0.15, 0.2) is 11.3 Å². The molecule has 2 N–H and O–H groups in total. The molecule has 0 saturated carbocycles. The van der Waals surface area contributed by atoms with E-state index in [0.717, 1.165) is 37.8 Å². The van der Waals surface area contributed by atoms with Gasteiger partial charge in [-0.3, -0.25) is 10.3 Å². The zero-order valence-electron chi connectivity index (χ0n) is 30.5. The van der Waals surface area contributed by atoms with E-state index in [9.17, 15) is 9.90 Å². The number of carboxylic acid groups (broad SMARTS) is 1. The Bertz CT molecular complexity index is 649. The van der Waals surface area contributed by atoms with Gasteiger partial charge in [-0.2, -0.15) is 0 Å². The summed E-state index contributed by atoms with van der Waals surface area (Å²) < 4.78 is 0. The molecule has 1 atom stereocenters. The first-order chi connectivity index (χ1) is 21.5. The molecule has 0 rings (SSSR count). The van der Waals surface area contributed by atoms with E-state index in [1.807, 2.05) is 14.1 Å². The Balaban J connectivity index is 5.05. The van der Waals surface area contributed by atoms with Crippen molar-refractivity contribution in [1.82, 2.24) is 10.4 Å². The Kier molecular flexibility index (Phi) is 32.5. The van der Waals surface area contributed by atoms with Gasteiger partial charge in [-0.25, -0.2) is 4.79 Å². The Labute approximate surface area is 275 Å². The van der Waals surface area contributed by atoms with E-state index < -0.39 is 5.97 Å². The Morgan fingerprint density at radius 2 is 1.02 bits per heavy atom. The van der Waals surface area contributed by atoms with Crippen LogP contribution >= 0.6 is 0 Å². The van der Waals surface area contributed by atoms with Crippen LogP contribution in [0.4, 0.5) is 0 Å². The number of unbranched alkanes of at least 4 members (excludes halogenated alkanes) is 20. The van der Waals surface area contributed by atoms with Crippen LogP contribution in [0.25, 0.3) is 0 Å². The van der Waals surface area contributed by atoms with Gasteiger partial charge in [-0.1, -0.05) is 175 Å². The summed E-state index contributed by atoms with van der Waals surface area (Å²) in [5.41, 5.74) is 4.32. The number of nitrogens with zero attached hydrogens (tertiary/aromatic N) is 1. The van der Waals surface area contributed by atoms with E-state index in [0.29, 0.717) is 18.2 Å². The van der Waals surface area contributed by atoms with Gasteiger partial charge in [0, 0.05) is 0 Å². The summed E-state index contributed by atoms with van der Waals surface area (Å²) in [4.78, 5) is 20.3. The third-order valence-corrected chi connectivity index (χ3v) is 9.14. The standard InChI is InChI=1S/C39H78N2O3/c1-6-9-12-15-17-18-19-20-21-22-23-25-28-32-37(38(39(42)43)40-44-34-29-33-41(4)5)35-36(30-26-14-11-8-3)31-27-24-16-13-10-7-2/h36,40H,6-35H2,1-5H3,(H,42,43). The second-order valence-electron chi connectivity index (χ2n) is 13.9. The van der Waals surface area contributed by atoms with Gasteiger partial charge in [0.1, 0.15) is 5.70 Å². The van der Waals surface area contributed by atoms with Crippen LogP contribution in [0.2, 0.25) is 0 Å². The lowest BCUT2D eigenvalue weighted by atomic mass is 9.86. The summed E-state index contributed by atoms with van der Waals surface area (Å²) in [6.07, 6.45) is 35.4. The monoisotopic (exact) mass is 623 g/mol. The molecular formula is C39H78N2O3. The number of rotatable bonds is 35. The molecule has 0 spiro atoms. The minimum absolute atomic E-state index is 0.315. The maximum Gasteiger partial charge on any atom is 0.354 e. The average Bonchev–Trinajstić information content (AvgIpc) is 3.00. The fourth-order valence-electron chi connectivity index (χ4n) is 6.30. The van der Waals surface area contributed by atoms with Gasteiger partial charge in [0.2, 0.25) is 0 Å². The Hall–Kier alpha value is -1.07. The van der Waals surface area contributed by atoms with Gasteiger partial charge >= 0.3 is 5.97 Å². The molecule has 0 saturated heterocycles. The number of hydroxylamine groups is 1. The van der Waals surface area contributed by atoms with Gasteiger partial charge in [0.15, 0.2) is 0 Å². The van der Waals surface area contributed by atoms with Gasteiger partial charge < -0.3 is 10.0 Å². The summed E-state index contributed by atoms with van der Waals surface area (Å²) in [6, 6.07) is 0. The topological polar surface area (TPSA) is 61.8 Å². The second kappa shape index (κ2) is 33.3. The normalized spacial score (nSPS) is 13.0. The third kappa shape index (κ3) is 28.4. The number of allylic oxidation sites excluding steroid dienone is 1. The summed E-state index contributed by atoms with van der Waals surface area (Å²) in [7, 11) is 4.10. The first kappa shape index (κ1) is 42.9. The maximum atomic E-state index is 12.5. The molecule has 0 heterocycles. The summed E-state index contributed by atoms with van der Waals surface area (Å²) in [5.74, 6) is -0.300. The number of nitrogens with one attached hydrogen (secondary N) is 1. The van der Waals surface area contributed by atoms with E-state index in [1.165, 1.54) is 154 Å². The number of hydrogen-bond acceptors (Lipinski definition) is 4. The lowest BCUT2D eigenvalue weighted by Gasteiger charge is -2.22. The molecule has 0 fully saturated rings. The molecule has 0 radical (unpaired) electrons. The molecule has 0 aromatic heterocycles. The first-order valence-corrected chi connectivity index (χ1v) is 19.4. The molecule has 262 valence electrons. The molecule has 44 heavy (non-hydrogen) atoms. The molecule has 0 bridgehead atoms. The predicted molar refractivity (Wildman–Crippen MR) is 192 cm³/mol. The van der Waals surface area contributed by atoms with E-state index in [1.54, 1.807) is 0 Å². The lowest BCUT2D eigenvalue weighted by molar-refractivity contribution is -0.135. The highest BCUT2D eigenvalue weighted by Crippen LogP contribution is 2.29. The highest BCUT2D eigenvalue weighted by Gasteiger charge is 2.19. The molecular weight excluding hydrogens is 544 g/mol. The van der Waals surface area contributed by atoms with Crippen molar-refractivity contribution in [2.75, 3.05) is 27.2 Å². The van der Waals surface area contributed by atoms with Crippen LogP contribution in [-0.4, -0.2) is 43.2 Å². The fraction of sp³-hybridized carbons (Fsp3) is 0.923. The van der Waals surface area contributed by atoms with Crippen molar-refractivity contribution in [3.05, 3.63) is 11.3 Å². The van der Waals surface area contributed by atoms with Crippen molar-refractivity contribution in [3.63, 3.8) is 0 Å². The van der Waals surface area contributed by atoms with Crippen LogP contribution in [-0.2, 0) is 9.63 Å². The van der Waals surface area contributed by atoms with Gasteiger partial charge in [0.25, 0.3) is 0 Å². The smallest absolute Gasteiger partial charge is 0.354 e. The minimum atomic E-state index is -0.869. The van der Waals surface area contributed by atoms with Crippen molar-refractivity contribution in [3.8, 4) is 0 Å². The molecule has 0 aliphatic heterocycles. The average molecular weight is 623 g/mol. The largest absolute Gasteiger partial charge is 0.477 e. The quantitative estimate of drug-likeness (QED) is 0.0418. The molecule has 0 aromatic carbocycles. The lowest BCUT2D eigenvalue weighted by Crippen LogP contribution is -2.25. The number of hydrogen-bond donors (Lipinski definition) is 2. The SMILES string of the molecule is CCCCCCCCCCCCCCCC(CC(CCCCCC)CCCCCCCC)=C(NOCCCN(C)C)C(=O)O. The summed E-state index contributed by atoms with van der Waals surface area (Å²) in [6.45, 7) is 8.27. The molecule has 5 nitrogen and oxygen atoms in total. The molecule has 0 aliphatic rings. The van der Waals surface area contributed by atoms with Crippen molar-refractivity contribution in [2.45, 2.75) is 201 Å². The van der Waals surface area contributed by atoms with Crippen molar-refractivity contribution in [1.29, 1.82) is 0 Å². The molecule has 0 aromatic rings. The van der Waals surface area contributed by atoms with Crippen LogP contribution < -0.4 is 5.48 Å². The fourth-order valence-corrected chi connectivity index (χ4v) is 6.30. The summed E-state index contributed by atoms with van der Waals surface area (Å²) in [5, 5.41) is 10.2. The van der Waals surface area contributed by atoms with Crippen LogP contribution in [0.5, 0.6) is 0 Å². The Morgan fingerprint density at radius 3 is 1.45 bits per heavy atom. The van der Waals surface area contributed by atoms with Crippen LogP contribution in [0, 0.1) is 5.92 Å². The summed E-state index contributed by atoms with van der Waals surface area (Å²) >= 11 is 0. The second-order valence-corrected chi connectivity index (χ2v) is 13.9. The van der Waals surface area contributed by atoms with Gasteiger partial charge in [-0.05, 0) is 57.8 Å². The molecule has 1 unspecified atom stereocenters. The van der Waals surface area contributed by atoms with Crippen LogP contribution in [0.1, 0.15) is 201 Å². The Morgan fingerprint density at radius 1 is 0.614 bits per heavy atom. The van der Waals surface area contributed by atoms with Crippen molar-refractivity contribution < 1.29 is 14.7 Å². The highest BCUT2D eigenvalue weighted by atomic mass is 16.6. The molecule has 0 amide bonds. The zero-order chi connectivity index (χ0) is 32.5. The molecule has 0 aliphatic carbocycles. The third-order valence-electron chi connectivity index (χ3n) is 9.14. The highest BCUT2D eigenvalue weighted by molar-refractivity contribution is 5.86. The first-order valence-electron chi connectivity index (χ1n) is 19.4. The van der Waals surface area contributed by atoms with Crippen molar-refractivity contribution in [2.24, 2.45) is 5.92 Å². The predicted octanol–water partition coefficient (Wildman–Crippen LogP) is 12.0. The van der Waals surface area contributed by atoms with E-state index in [2.05, 4.69) is 31.2 Å². The number of carbonyl (C=O) groups is 1. The van der Waals surface area contributed by atoms with E-state index in [-0.39, 0.29) is 0 Å². The maximum absolute atomic E-state index is 12.5. The van der Waals surface area contributed by atoms with E-state index in [4.69, 9.17) is 4.84 Å².